The summed E-state index contributed by atoms with van der Waals surface area (Å²) in [5, 5.41) is 4.65. The molecule has 224 valence electrons. The fourth-order valence-corrected chi connectivity index (χ4v) is 7.42. The highest BCUT2D eigenvalue weighted by atomic mass is 32.2. The van der Waals surface area contributed by atoms with E-state index in [1.807, 2.05) is 85.8 Å². The SMILES string of the molecule is CCCCNC(=O)[C@@H](Cc1ccccc1)N(Cc1ccc(C)cc1)C(=O)CCCN1c2cccc3cccc(c23)S1(=O)=O. The van der Waals surface area contributed by atoms with E-state index in [4.69, 9.17) is 0 Å². The number of nitrogens with zero attached hydrogens (tertiary/aromatic N) is 2. The zero-order valence-electron chi connectivity index (χ0n) is 24.8. The van der Waals surface area contributed by atoms with Crippen molar-refractivity contribution in [3.63, 3.8) is 0 Å². The average Bonchev–Trinajstić information content (AvgIpc) is 3.23. The van der Waals surface area contributed by atoms with E-state index in [0.717, 1.165) is 40.3 Å². The molecule has 4 aromatic rings. The van der Waals surface area contributed by atoms with Crippen molar-refractivity contribution in [1.29, 1.82) is 0 Å². The molecule has 43 heavy (non-hydrogen) atoms. The molecular formula is C35H39N3O4S. The Morgan fingerprint density at radius 2 is 1.58 bits per heavy atom. The lowest BCUT2D eigenvalue weighted by atomic mass is 10.0. The van der Waals surface area contributed by atoms with Crippen LogP contribution in [0.1, 0.15) is 49.3 Å². The number of carbonyl (C=O) groups excluding carboxylic acids is 2. The normalized spacial score (nSPS) is 14.0. The van der Waals surface area contributed by atoms with Gasteiger partial charge in [-0.1, -0.05) is 97.8 Å². The first-order chi connectivity index (χ1) is 20.8. The first-order valence-corrected chi connectivity index (χ1v) is 16.4. The summed E-state index contributed by atoms with van der Waals surface area (Å²) in [4.78, 5) is 29.6. The van der Waals surface area contributed by atoms with Gasteiger partial charge in [-0.05, 0) is 48.4 Å². The highest BCUT2D eigenvalue weighted by molar-refractivity contribution is 7.93. The second-order valence-corrected chi connectivity index (χ2v) is 13.0. The molecular weight excluding hydrogens is 558 g/mol. The van der Waals surface area contributed by atoms with Crippen LogP contribution in [0.4, 0.5) is 5.69 Å². The van der Waals surface area contributed by atoms with E-state index in [-0.39, 0.29) is 31.3 Å². The van der Waals surface area contributed by atoms with Crippen LogP contribution in [0.25, 0.3) is 10.8 Å². The monoisotopic (exact) mass is 597 g/mol. The molecule has 0 aromatic heterocycles. The fraction of sp³-hybridized carbons (Fsp3) is 0.314. The summed E-state index contributed by atoms with van der Waals surface area (Å²) in [6.07, 6.45) is 2.62. The number of benzene rings is 4. The minimum absolute atomic E-state index is 0.109. The lowest BCUT2D eigenvalue weighted by molar-refractivity contribution is -0.141. The molecule has 2 amide bonds. The van der Waals surface area contributed by atoms with E-state index in [1.54, 1.807) is 17.0 Å². The van der Waals surface area contributed by atoms with Gasteiger partial charge in [0.1, 0.15) is 6.04 Å². The van der Waals surface area contributed by atoms with Gasteiger partial charge in [0.2, 0.25) is 11.8 Å². The molecule has 1 aliphatic rings. The average molecular weight is 598 g/mol. The molecule has 1 atom stereocenters. The third-order valence-corrected chi connectivity index (χ3v) is 9.86. The van der Waals surface area contributed by atoms with Crippen molar-refractivity contribution in [3.8, 4) is 0 Å². The van der Waals surface area contributed by atoms with Gasteiger partial charge in [0.15, 0.2) is 0 Å². The smallest absolute Gasteiger partial charge is 0.265 e. The number of nitrogens with one attached hydrogen (secondary N) is 1. The van der Waals surface area contributed by atoms with Crippen LogP contribution < -0.4 is 9.62 Å². The molecule has 0 unspecified atom stereocenters. The zero-order chi connectivity index (χ0) is 30.4. The summed E-state index contributed by atoms with van der Waals surface area (Å²) in [5.41, 5.74) is 3.66. The van der Waals surface area contributed by atoms with Gasteiger partial charge in [-0.15, -0.1) is 0 Å². The molecule has 0 spiro atoms. The quantitative estimate of drug-likeness (QED) is 0.192. The molecule has 1 heterocycles. The number of hydrogen-bond acceptors (Lipinski definition) is 4. The van der Waals surface area contributed by atoms with E-state index in [9.17, 15) is 18.0 Å². The molecule has 5 rings (SSSR count). The van der Waals surface area contributed by atoms with Gasteiger partial charge in [-0.3, -0.25) is 13.9 Å². The Morgan fingerprint density at radius 1 is 0.860 bits per heavy atom. The first kappa shape index (κ1) is 30.3. The Balaban J connectivity index is 1.38. The largest absolute Gasteiger partial charge is 0.354 e. The highest BCUT2D eigenvalue weighted by Gasteiger charge is 2.36. The topological polar surface area (TPSA) is 86.8 Å². The van der Waals surface area contributed by atoms with Crippen molar-refractivity contribution >= 4 is 38.3 Å². The van der Waals surface area contributed by atoms with E-state index in [2.05, 4.69) is 12.2 Å². The molecule has 0 bridgehead atoms. The molecule has 0 aliphatic carbocycles. The number of unbranched alkanes of at least 4 members (excludes halogenated alkanes) is 1. The Bertz CT molecular complexity index is 1680. The lowest BCUT2D eigenvalue weighted by Crippen LogP contribution is -2.50. The van der Waals surface area contributed by atoms with Crippen LogP contribution in [0.3, 0.4) is 0 Å². The summed E-state index contributed by atoms with van der Waals surface area (Å²) in [6, 6.07) is 27.9. The Kier molecular flexibility index (Phi) is 9.46. The molecule has 0 fully saturated rings. The van der Waals surface area contributed by atoms with Crippen molar-refractivity contribution < 1.29 is 18.0 Å². The van der Waals surface area contributed by atoms with E-state index < -0.39 is 16.1 Å². The number of carbonyl (C=O) groups is 2. The van der Waals surface area contributed by atoms with E-state index >= 15 is 0 Å². The standard InChI is InChI=1S/C35H39N3O4S/c1-3-4-22-36-35(40)31(24-27-11-6-5-7-12-27)37(25-28-20-18-26(2)19-21-28)33(39)17-10-23-38-30-15-8-13-29-14-9-16-32(34(29)30)43(38,41)42/h5-9,11-16,18-21,31H,3-4,10,17,22-25H2,1-2H3,(H,36,40)/t31-/m1/s1. The van der Waals surface area contributed by atoms with Crippen molar-refractivity contribution in [3.05, 3.63) is 108 Å². The van der Waals surface area contributed by atoms with Gasteiger partial charge in [-0.2, -0.15) is 0 Å². The minimum atomic E-state index is -3.71. The maximum Gasteiger partial charge on any atom is 0.265 e. The van der Waals surface area contributed by atoms with E-state index in [1.165, 1.54) is 4.31 Å². The van der Waals surface area contributed by atoms with Gasteiger partial charge >= 0.3 is 0 Å². The molecule has 1 aliphatic heterocycles. The Morgan fingerprint density at radius 3 is 2.30 bits per heavy atom. The third-order valence-electron chi connectivity index (χ3n) is 8.01. The third kappa shape index (κ3) is 6.75. The zero-order valence-corrected chi connectivity index (χ0v) is 25.6. The highest BCUT2D eigenvalue weighted by Crippen LogP contribution is 2.42. The number of hydrogen-bond donors (Lipinski definition) is 1. The minimum Gasteiger partial charge on any atom is -0.354 e. The van der Waals surface area contributed by atoms with Crippen molar-refractivity contribution in [2.24, 2.45) is 0 Å². The van der Waals surface area contributed by atoms with E-state index in [0.29, 0.717) is 30.0 Å². The van der Waals surface area contributed by atoms with Crippen molar-refractivity contribution in [1.82, 2.24) is 10.2 Å². The number of amides is 2. The van der Waals surface area contributed by atoms with Gasteiger partial charge in [0.05, 0.1) is 10.6 Å². The maximum absolute atomic E-state index is 14.0. The predicted molar refractivity (Wildman–Crippen MR) is 171 cm³/mol. The molecule has 8 heteroatoms. The molecule has 0 radical (unpaired) electrons. The fourth-order valence-electron chi connectivity index (χ4n) is 5.67. The van der Waals surface area contributed by atoms with Crippen molar-refractivity contribution in [2.45, 2.75) is 63.4 Å². The van der Waals surface area contributed by atoms with Crippen LogP contribution >= 0.6 is 0 Å². The van der Waals surface area contributed by atoms with Gasteiger partial charge in [-0.25, -0.2) is 8.42 Å². The molecule has 0 saturated carbocycles. The van der Waals surface area contributed by atoms with Crippen LogP contribution in [0.15, 0.2) is 95.9 Å². The molecule has 7 nitrogen and oxygen atoms in total. The summed E-state index contributed by atoms with van der Waals surface area (Å²) < 4.78 is 28.3. The predicted octanol–water partition coefficient (Wildman–Crippen LogP) is 5.99. The number of aryl methyl sites for hydroxylation is 1. The van der Waals surface area contributed by atoms with Crippen LogP contribution in [0.2, 0.25) is 0 Å². The molecule has 1 N–H and O–H groups in total. The molecule has 4 aromatic carbocycles. The number of anilines is 1. The lowest BCUT2D eigenvalue weighted by Gasteiger charge is -2.32. The maximum atomic E-state index is 14.0. The summed E-state index contributed by atoms with van der Waals surface area (Å²) >= 11 is 0. The first-order valence-electron chi connectivity index (χ1n) is 15.0. The van der Waals surface area contributed by atoms with Crippen LogP contribution in [0, 0.1) is 6.92 Å². The number of sulfonamides is 1. The van der Waals surface area contributed by atoms with Gasteiger partial charge in [0.25, 0.3) is 10.0 Å². The number of rotatable bonds is 13. The Labute approximate surface area is 254 Å². The van der Waals surface area contributed by atoms with Gasteiger partial charge in [0, 0.05) is 37.9 Å². The van der Waals surface area contributed by atoms with Crippen molar-refractivity contribution in [2.75, 3.05) is 17.4 Å². The second-order valence-electron chi connectivity index (χ2n) is 11.2. The van der Waals surface area contributed by atoms with Gasteiger partial charge < -0.3 is 10.2 Å². The van der Waals surface area contributed by atoms with Crippen LogP contribution in [-0.2, 0) is 32.6 Å². The summed E-state index contributed by atoms with van der Waals surface area (Å²) in [6.45, 7) is 5.08. The summed E-state index contributed by atoms with van der Waals surface area (Å²) in [5.74, 6) is -0.360. The second kappa shape index (κ2) is 13.4. The van der Waals surface area contributed by atoms with Crippen LogP contribution in [-0.4, -0.2) is 44.3 Å². The Hall–Kier alpha value is -4.17. The molecule has 0 saturated heterocycles. The van der Waals surface area contributed by atoms with Crippen LogP contribution in [0.5, 0.6) is 0 Å². The summed E-state index contributed by atoms with van der Waals surface area (Å²) in [7, 11) is -3.71.